The number of rotatable bonds is 4. The minimum absolute atomic E-state index is 0.0450. The molecule has 0 radical (unpaired) electrons. The molecule has 0 heterocycles. The first kappa shape index (κ1) is 10.7. The summed E-state index contributed by atoms with van der Waals surface area (Å²) in [6.45, 7) is 1.22. The van der Waals surface area contributed by atoms with Crippen molar-refractivity contribution in [2.24, 2.45) is 4.52 Å². The number of nitrogens with zero attached hydrogens (tertiary/aromatic N) is 3. The van der Waals surface area contributed by atoms with Crippen LogP contribution in [-0.4, -0.2) is 26.6 Å². The Morgan fingerprint density at radius 2 is 2.25 bits per heavy atom. The van der Waals surface area contributed by atoms with Crippen LogP contribution in [0.5, 0.6) is 0 Å². The van der Waals surface area contributed by atoms with Crippen molar-refractivity contribution in [2.75, 3.05) is 12.3 Å². The van der Waals surface area contributed by atoms with Crippen molar-refractivity contribution in [1.82, 2.24) is 5.32 Å². The fourth-order valence-electron chi connectivity index (χ4n) is 0.452. The molecule has 12 heavy (non-hydrogen) atoms. The Morgan fingerprint density at radius 3 is 2.67 bits per heavy atom. The molecule has 0 atom stereocenters. The Hall–Kier alpha value is -1.27. The maximum absolute atomic E-state index is 10.6. The average Bonchev–Trinajstić information content (AvgIpc) is 1.85. The first-order valence-corrected chi connectivity index (χ1v) is 4.62. The summed E-state index contributed by atoms with van der Waals surface area (Å²) in [5, 5.41) is 2.26. The standard InChI is InChI=1S/C4H8N4O3S/c1-4(9)6-2-3-12(10,11)8-7-5/h2-3H2,1H3,(H,6,9). The molecule has 0 aromatic rings. The third kappa shape index (κ3) is 5.51. The van der Waals surface area contributed by atoms with Gasteiger partial charge in [0.25, 0.3) is 0 Å². The number of carbonyl (C=O) groups is 1. The van der Waals surface area contributed by atoms with E-state index in [1.807, 2.05) is 0 Å². The van der Waals surface area contributed by atoms with Gasteiger partial charge in [-0.1, -0.05) is 0 Å². The number of hydrogen-bond acceptors (Lipinski definition) is 3. The van der Waals surface area contributed by atoms with Crippen LogP contribution in [0, 0.1) is 0 Å². The lowest BCUT2D eigenvalue weighted by atomic mass is 10.6. The lowest BCUT2D eigenvalue weighted by Crippen LogP contribution is -2.25. The van der Waals surface area contributed by atoms with E-state index in [0.717, 1.165) is 0 Å². The smallest absolute Gasteiger partial charge is 0.237 e. The van der Waals surface area contributed by atoms with E-state index < -0.39 is 10.0 Å². The lowest BCUT2D eigenvalue weighted by molar-refractivity contribution is -0.118. The van der Waals surface area contributed by atoms with Gasteiger partial charge in [0.2, 0.25) is 15.9 Å². The highest BCUT2D eigenvalue weighted by molar-refractivity contribution is 7.90. The minimum Gasteiger partial charge on any atom is -0.355 e. The summed E-state index contributed by atoms with van der Waals surface area (Å²) < 4.78 is 23.8. The number of azide groups is 1. The third-order valence-electron chi connectivity index (χ3n) is 0.895. The number of sulfonamides is 1. The van der Waals surface area contributed by atoms with Crippen LogP contribution in [0.15, 0.2) is 4.52 Å². The number of nitrogens with one attached hydrogen (secondary N) is 1. The van der Waals surface area contributed by atoms with Gasteiger partial charge in [-0.25, -0.2) is 8.42 Å². The number of hydrogen-bond donors (Lipinski definition) is 1. The normalized spacial score (nSPS) is 10.1. The van der Waals surface area contributed by atoms with E-state index in [2.05, 4.69) is 14.7 Å². The molecular formula is C4H8N4O3S. The fraction of sp³-hybridized carbons (Fsp3) is 0.750. The molecule has 1 N–H and O–H groups in total. The molecule has 0 aliphatic carbocycles. The monoisotopic (exact) mass is 192 g/mol. The summed E-state index contributed by atoms with van der Waals surface area (Å²) in [6, 6.07) is 0. The van der Waals surface area contributed by atoms with E-state index in [9.17, 15) is 13.2 Å². The predicted molar refractivity (Wildman–Crippen MR) is 41.6 cm³/mol. The van der Waals surface area contributed by atoms with Crippen molar-refractivity contribution in [2.45, 2.75) is 6.92 Å². The molecule has 0 aromatic heterocycles. The summed E-state index contributed by atoms with van der Waals surface area (Å²) in [7, 11) is -3.73. The van der Waals surface area contributed by atoms with Crippen LogP contribution in [-0.2, 0) is 14.8 Å². The van der Waals surface area contributed by atoms with Crippen molar-refractivity contribution in [3.63, 3.8) is 0 Å². The van der Waals surface area contributed by atoms with Crippen LogP contribution in [0.1, 0.15) is 6.92 Å². The molecule has 68 valence electrons. The Labute approximate surface area is 69.4 Å². The van der Waals surface area contributed by atoms with Crippen LogP contribution in [0.2, 0.25) is 0 Å². The van der Waals surface area contributed by atoms with Gasteiger partial charge in [0.05, 0.1) is 5.75 Å². The molecule has 0 rings (SSSR count). The number of carbonyl (C=O) groups excluding carboxylic acids is 1. The zero-order valence-electron chi connectivity index (χ0n) is 6.39. The molecule has 0 unspecified atom stereocenters. The summed E-state index contributed by atoms with van der Waals surface area (Å²) in [4.78, 5) is 12.4. The second-order valence-corrected chi connectivity index (χ2v) is 3.68. The highest BCUT2D eigenvalue weighted by atomic mass is 32.2. The van der Waals surface area contributed by atoms with Gasteiger partial charge in [-0.3, -0.25) is 4.79 Å². The molecular weight excluding hydrogens is 184 g/mol. The molecule has 0 saturated carbocycles. The van der Waals surface area contributed by atoms with Crippen molar-refractivity contribution in [3.05, 3.63) is 10.4 Å². The molecule has 0 fully saturated rings. The maximum Gasteiger partial charge on any atom is 0.237 e. The summed E-state index contributed by atoms with van der Waals surface area (Å²) in [6.07, 6.45) is 0. The van der Waals surface area contributed by atoms with Gasteiger partial charge in [-0.15, -0.1) is 0 Å². The van der Waals surface area contributed by atoms with Gasteiger partial charge >= 0.3 is 0 Å². The summed E-state index contributed by atoms with van der Waals surface area (Å²) in [5.74, 6) is -0.706. The summed E-state index contributed by atoms with van der Waals surface area (Å²) in [5.41, 5.74) is 7.80. The fourth-order valence-corrected chi connectivity index (χ4v) is 1.01. The van der Waals surface area contributed by atoms with E-state index in [4.69, 9.17) is 5.53 Å². The lowest BCUT2D eigenvalue weighted by Gasteiger charge is -1.97. The van der Waals surface area contributed by atoms with Gasteiger partial charge in [0, 0.05) is 22.9 Å². The van der Waals surface area contributed by atoms with Crippen molar-refractivity contribution in [3.8, 4) is 0 Å². The van der Waals surface area contributed by atoms with Crippen LogP contribution >= 0.6 is 0 Å². The van der Waals surface area contributed by atoms with E-state index in [0.29, 0.717) is 0 Å². The molecule has 7 nitrogen and oxygen atoms in total. The Bertz CT molecular complexity index is 302. The van der Waals surface area contributed by atoms with Gasteiger partial charge in [0.1, 0.15) is 0 Å². The van der Waals surface area contributed by atoms with Crippen LogP contribution in [0.25, 0.3) is 10.4 Å². The maximum atomic E-state index is 10.6. The Balaban J connectivity index is 3.94. The van der Waals surface area contributed by atoms with Crippen molar-refractivity contribution >= 4 is 15.9 Å². The molecule has 0 aromatic carbocycles. The first-order valence-electron chi connectivity index (χ1n) is 3.01. The SMILES string of the molecule is CC(=O)NCCS(=O)(=O)N=[N+]=[N-]. The highest BCUT2D eigenvalue weighted by Gasteiger charge is 2.06. The zero-order chi connectivity index (χ0) is 9.61. The van der Waals surface area contributed by atoms with Gasteiger partial charge in [0.15, 0.2) is 0 Å². The summed E-state index contributed by atoms with van der Waals surface area (Å²) >= 11 is 0. The Morgan fingerprint density at radius 1 is 1.67 bits per heavy atom. The van der Waals surface area contributed by atoms with Gasteiger partial charge in [-0.05, 0) is 5.53 Å². The highest BCUT2D eigenvalue weighted by Crippen LogP contribution is 1.90. The van der Waals surface area contributed by atoms with Crippen molar-refractivity contribution in [1.29, 1.82) is 0 Å². The number of amides is 1. The first-order chi connectivity index (χ1) is 5.48. The zero-order valence-corrected chi connectivity index (χ0v) is 7.21. The molecule has 0 bridgehead atoms. The molecule has 0 spiro atoms. The van der Waals surface area contributed by atoms with Crippen molar-refractivity contribution < 1.29 is 13.2 Å². The van der Waals surface area contributed by atoms with Crippen LogP contribution in [0.4, 0.5) is 0 Å². The van der Waals surface area contributed by atoms with E-state index >= 15 is 0 Å². The largest absolute Gasteiger partial charge is 0.355 e. The van der Waals surface area contributed by atoms with E-state index in [-0.39, 0.29) is 18.2 Å². The molecule has 0 aliphatic rings. The Kier molecular flexibility index (Phi) is 4.09. The molecule has 8 heteroatoms. The molecule has 0 aliphatic heterocycles. The molecule has 1 amide bonds. The third-order valence-corrected chi connectivity index (χ3v) is 1.94. The quantitative estimate of drug-likeness (QED) is 0.377. The topological polar surface area (TPSA) is 112 Å². The van der Waals surface area contributed by atoms with Gasteiger partial charge in [-0.2, -0.15) is 0 Å². The predicted octanol–water partition coefficient (Wildman–Crippen LogP) is -0.237. The molecule has 0 saturated heterocycles. The van der Waals surface area contributed by atoms with Crippen LogP contribution < -0.4 is 5.32 Å². The van der Waals surface area contributed by atoms with E-state index in [1.54, 1.807) is 0 Å². The van der Waals surface area contributed by atoms with Crippen LogP contribution in [0.3, 0.4) is 0 Å². The average molecular weight is 192 g/mol. The second kappa shape index (κ2) is 4.58. The van der Waals surface area contributed by atoms with E-state index in [1.165, 1.54) is 6.92 Å². The minimum atomic E-state index is -3.73. The van der Waals surface area contributed by atoms with Gasteiger partial charge < -0.3 is 5.32 Å². The second-order valence-electron chi connectivity index (χ2n) is 1.94.